The Morgan fingerprint density at radius 3 is 2.90 bits per heavy atom. The van der Waals surface area contributed by atoms with E-state index in [0.717, 1.165) is 24.3 Å². The smallest absolute Gasteiger partial charge is 0.286 e. The molecule has 1 heterocycles. The summed E-state index contributed by atoms with van der Waals surface area (Å²) in [6.07, 6.45) is 0.951. The molecule has 21 heavy (non-hydrogen) atoms. The maximum absolute atomic E-state index is 13.5. The van der Waals surface area contributed by atoms with E-state index in [-0.39, 0.29) is 10.8 Å². The Morgan fingerprint density at radius 2 is 2.24 bits per heavy atom. The Labute approximate surface area is 125 Å². The van der Waals surface area contributed by atoms with Crippen molar-refractivity contribution in [2.45, 2.75) is 13.3 Å². The highest BCUT2D eigenvalue weighted by molar-refractivity contribution is 7.17. The molecule has 2 N–H and O–H groups in total. The average molecular weight is 310 g/mol. The van der Waals surface area contributed by atoms with Crippen molar-refractivity contribution in [1.82, 2.24) is 10.2 Å². The number of methoxy groups -OCH3 is 1. The summed E-state index contributed by atoms with van der Waals surface area (Å²) in [4.78, 5) is 12.0. The summed E-state index contributed by atoms with van der Waals surface area (Å²) in [6, 6.07) is 4.18. The van der Waals surface area contributed by atoms with Gasteiger partial charge in [-0.25, -0.2) is 4.39 Å². The Morgan fingerprint density at radius 1 is 1.43 bits per heavy atom. The van der Waals surface area contributed by atoms with E-state index in [1.54, 1.807) is 6.07 Å². The first-order valence-corrected chi connectivity index (χ1v) is 7.18. The summed E-state index contributed by atoms with van der Waals surface area (Å²) in [5.41, 5.74) is 0.330. The van der Waals surface area contributed by atoms with E-state index in [9.17, 15) is 9.18 Å². The summed E-state index contributed by atoms with van der Waals surface area (Å²) in [7, 11) is 1.38. The molecule has 8 heteroatoms. The molecule has 0 saturated heterocycles. The fourth-order valence-corrected chi connectivity index (χ4v) is 2.21. The summed E-state index contributed by atoms with van der Waals surface area (Å²) < 4.78 is 18.3. The van der Waals surface area contributed by atoms with E-state index >= 15 is 0 Å². The average Bonchev–Trinajstić information content (AvgIpc) is 2.94. The van der Waals surface area contributed by atoms with Crippen molar-refractivity contribution < 1.29 is 13.9 Å². The number of ether oxygens (including phenoxy) is 1. The van der Waals surface area contributed by atoms with Crippen LogP contribution in [0.15, 0.2) is 18.2 Å². The number of hydrogen-bond donors (Lipinski definition) is 2. The third-order valence-corrected chi connectivity index (χ3v) is 3.43. The molecule has 0 aliphatic carbocycles. The molecule has 1 amide bonds. The normalized spacial score (nSPS) is 10.2. The zero-order valence-electron chi connectivity index (χ0n) is 11.6. The van der Waals surface area contributed by atoms with Crippen LogP contribution >= 0.6 is 11.3 Å². The van der Waals surface area contributed by atoms with E-state index in [1.807, 2.05) is 6.92 Å². The van der Waals surface area contributed by atoms with Crippen LogP contribution in [0.4, 0.5) is 15.2 Å². The predicted octanol–water partition coefficient (Wildman–Crippen LogP) is 2.76. The van der Waals surface area contributed by atoms with Crippen molar-refractivity contribution in [3.05, 3.63) is 29.0 Å². The quantitative estimate of drug-likeness (QED) is 0.858. The molecule has 2 aromatic rings. The first kappa shape index (κ1) is 15.2. The minimum atomic E-state index is -0.544. The largest absolute Gasteiger partial charge is 0.494 e. The van der Waals surface area contributed by atoms with Crippen LogP contribution in [0.3, 0.4) is 0 Å². The zero-order chi connectivity index (χ0) is 15.2. The van der Waals surface area contributed by atoms with Gasteiger partial charge in [0.1, 0.15) is 0 Å². The minimum Gasteiger partial charge on any atom is -0.494 e. The molecule has 0 bridgehead atoms. The van der Waals surface area contributed by atoms with Gasteiger partial charge in [-0.2, -0.15) is 0 Å². The van der Waals surface area contributed by atoms with Crippen LogP contribution in [0, 0.1) is 5.82 Å². The van der Waals surface area contributed by atoms with E-state index < -0.39 is 11.7 Å². The number of carbonyl (C=O) groups is 1. The van der Waals surface area contributed by atoms with Crippen molar-refractivity contribution in [2.75, 3.05) is 24.3 Å². The third-order valence-electron chi connectivity index (χ3n) is 2.56. The lowest BCUT2D eigenvalue weighted by molar-refractivity contribution is 0.102. The van der Waals surface area contributed by atoms with Crippen molar-refractivity contribution in [3.8, 4) is 5.75 Å². The molecule has 0 aliphatic heterocycles. The Bertz CT molecular complexity index is 632. The Hall–Kier alpha value is -2.22. The lowest BCUT2D eigenvalue weighted by atomic mass is 10.3. The second kappa shape index (κ2) is 6.98. The molecule has 0 saturated carbocycles. The van der Waals surface area contributed by atoms with Crippen LogP contribution in [0.1, 0.15) is 23.1 Å². The monoisotopic (exact) mass is 310 g/mol. The van der Waals surface area contributed by atoms with Crippen LogP contribution in [0.5, 0.6) is 5.75 Å². The molecule has 1 aromatic heterocycles. The number of halogens is 1. The van der Waals surface area contributed by atoms with Gasteiger partial charge in [-0.1, -0.05) is 18.3 Å². The molecule has 2 rings (SSSR count). The van der Waals surface area contributed by atoms with Crippen molar-refractivity contribution in [2.24, 2.45) is 0 Å². The number of nitrogens with one attached hydrogen (secondary N) is 2. The lowest BCUT2D eigenvalue weighted by Gasteiger charge is -2.05. The van der Waals surface area contributed by atoms with Crippen LogP contribution in [-0.2, 0) is 0 Å². The summed E-state index contributed by atoms with van der Waals surface area (Å²) in [5, 5.41) is 14.1. The van der Waals surface area contributed by atoms with Gasteiger partial charge in [-0.3, -0.25) is 4.79 Å². The van der Waals surface area contributed by atoms with E-state index in [4.69, 9.17) is 4.74 Å². The van der Waals surface area contributed by atoms with Crippen LogP contribution in [0.2, 0.25) is 0 Å². The van der Waals surface area contributed by atoms with Gasteiger partial charge >= 0.3 is 0 Å². The van der Waals surface area contributed by atoms with Gasteiger partial charge in [0.05, 0.1) is 7.11 Å². The highest BCUT2D eigenvalue weighted by atomic mass is 32.1. The standard InChI is InChI=1S/C13H15FN4O2S/c1-3-6-15-13-18-17-12(21-13)11(19)16-8-4-5-10(20-2)9(14)7-8/h4-5,7H,3,6H2,1-2H3,(H,15,18)(H,16,19). The van der Waals surface area contributed by atoms with Gasteiger partial charge < -0.3 is 15.4 Å². The van der Waals surface area contributed by atoms with Crippen LogP contribution in [-0.4, -0.2) is 29.8 Å². The Kier molecular flexibility index (Phi) is 5.04. The number of nitrogens with zero attached hydrogens (tertiary/aromatic N) is 2. The van der Waals surface area contributed by atoms with Gasteiger partial charge in [0.2, 0.25) is 10.1 Å². The molecule has 0 spiro atoms. The number of aromatic nitrogens is 2. The molecular formula is C13H15FN4O2S. The second-order valence-electron chi connectivity index (χ2n) is 4.14. The maximum atomic E-state index is 13.5. The highest BCUT2D eigenvalue weighted by Gasteiger charge is 2.14. The van der Waals surface area contributed by atoms with Gasteiger partial charge in [0.25, 0.3) is 5.91 Å². The van der Waals surface area contributed by atoms with Gasteiger partial charge in [0.15, 0.2) is 11.6 Å². The lowest BCUT2D eigenvalue weighted by Crippen LogP contribution is -2.11. The number of benzene rings is 1. The molecule has 0 unspecified atom stereocenters. The SMILES string of the molecule is CCCNc1nnc(C(=O)Nc2ccc(OC)c(F)c2)s1. The highest BCUT2D eigenvalue weighted by Crippen LogP contribution is 2.22. The fourth-order valence-electron chi connectivity index (χ4n) is 1.55. The fraction of sp³-hybridized carbons (Fsp3) is 0.308. The predicted molar refractivity (Wildman–Crippen MR) is 79.6 cm³/mol. The summed E-state index contributed by atoms with van der Waals surface area (Å²) in [5.74, 6) is -0.852. The van der Waals surface area contributed by atoms with Crippen molar-refractivity contribution in [3.63, 3.8) is 0 Å². The van der Waals surface area contributed by atoms with E-state index in [1.165, 1.54) is 19.2 Å². The second-order valence-corrected chi connectivity index (χ2v) is 5.12. The summed E-state index contributed by atoms with van der Waals surface area (Å²) in [6.45, 7) is 2.79. The molecule has 6 nitrogen and oxygen atoms in total. The number of carbonyl (C=O) groups excluding carboxylic acids is 1. The molecule has 0 aliphatic rings. The van der Waals surface area contributed by atoms with E-state index in [0.29, 0.717) is 10.8 Å². The van der Waals surface area contributed by atoms with Gasteiger partial charge in [-0.05, 0) is 18.6 Å². The molecule has 112 valence electrons. The molecule has 0 fully saturated rings. The molecule has 0 atom stereocenters. The van der Waals surface area contributed by atoms with Crippen molar-refractivity contribution >= 4 is 28.1 Å². The molecule has 1 aromatic carbocycles. The number of hydrogen-bond acceptors (Lipinski definition) is 6. The summed E-state index contributed by atoms with van der Waals surface area (Å²) >= 11 is 1.15. The van der Waals surface area contributed by atoms with Crippen LogP contribution in [0.25, 0.3) is 0 Å². The topological polar surface area (TPSA) is 76.1 Å². The number of rotatable bonds is 6. The Balaban J connectivity index is 2.03. The number of anilines is 2. The number of amides is 1. The van der Waals surface area contributed by atoms with Crippen LogP contribution < -0.4 is 15.4 Å². The zero-order valence-corrected chi connectivity index (χ0v) is 12.5. The van der Waals surface area contributed by atoms with Gasteiger partial charge in [0, 0.05) is 18.3 Å². The first-order chi connectivity index (χ1) is 10.1. The minimum absolute atomic E-state index is 0.120. The maximum Gasteiger partial charge on any atom is 0.286 e. The van der Waals surface area contributed by atoms with Crippen molar-refractivity contribution in [1.29, 1.82) is 0 Å². The third kappa shape index (κ3) is 3.88. The van der Waals surface area contributed by atoms with Gasteiger partial charge in [-0.15, -0.1) is 10.2 Å². The first-order valence-electron chi connectivity index (χ1n) is 6.36. The van der Waals surface area contributed by atoms with E-state index in [2.05, 4.69) is 20.8 Å². The molecule has 0 radical (unpaired) electrons. The molecular weight excluding hydrogens is 295 g/mol.